The van der Waals surface area contributed by atoms with E-state index in [-0.39, 0.29) is 6.54 Å². The summed E-state index contributed by atoms with van der Waals surface area (Å²) in [5, 5.41) is 5.99. The standard InChI is InChI=1S/C17H16Cl2N2O3/c1-24-15(13-7-2-3-8-14(13)19)10-20-16(22)17(23)21-12-6-4-5-11(18)9-12/h2-9,15H,10H2,1H3,(H,20,22)(H,21,23). The molecule has 0 saturated heterocycles. The highest BCUT2D eigenvalue weighted by Gasteiger charge is 2.18. The molecule has 0 radical (unpaired) electrons. The number of hydrogen-bond donors (Lipinski definition) is 2. The molecule has 126 valence electrons. The second kappa shape index (κ2) is 8.68. The zero-order valence-electron chi connectivity index (χ0n) is 12.9. The third-order valence-electron chi connectivity index (χ3n) is 3.27. The summed E-state index contributed by atoms with van der Waals surface area (Å²) in [6.07, 6.45) is -0.457. The number of hydrogen-bond acceptors (Lipinski definition) is 3. The smallest absolute Gasteiger partial charge is 0.313 e. The minimum atomic E-state index is -0.786. The maximum atomic E-state index is 11.9. The van der Waals surface area contributed by atoms with E-state index in [2.05, 4.69) is 10.6 Å². The molecular formula is C17H16Cl2N2O3. The Labute approximate surface area is 149 Å². The molecule has 0 spiro atoms. The van der Waals surface area contributed by atoms with Crippen LogP contribution in [0.3, 0.4) is 0 Å². The van der Waals surface area contributed by atoms with Gasteiger partial charge in [-0.3, -0.25) is 9.59 Å². The summed E-state index contributed by atoms with van der Waals surface area (Å²) in [7, 11) is 1.51. The predicted molar refractivity (Wildman–Crippen MR) is 94.3 cm³/mol. The van der Waals surface area contributed by atoms with Crippen LogP contribution in [0, 0.1) is 0 Å². The average molecular weight is 367 g/mol. The summed E-state index contributed by atoms with van der Waals surface area (Å²) in [5.41, 5.74) is 1.18. The topological polar surface area (TPSA) is 67.4 Å². The zero-order valence-corrected chi connectivity index (χ0v) is 14.4. The number of benzene rings is 2. The molecule has 2 aromatic carbocycles. The Morgan fingerprint density at radius 2 is 1.83 bits per heavy atom. The largest absolute Gasteiger partial charge is 0.375 e. The van der Waals surface area contributed by atoms with Crippen molar-refractivity contribution in [1.82, 2.24) is 5.32 Å². The third-order valence-corrected chi connectivity index (χ3v) is 3.85. The van der Waals surface area contributed by atoms with Gasteiger partial charge in [-0.2, -0.15) is 0 Å². The highest BCUT2D eigenvalue weighted by Crippen LogP contribution is 2.24. The molecule has 1 atom stereocenters. The first-order chi connectivity index (χ1) is 11.5. The minimum Gasteiger partial charge on any atom is -0.375 e. The Bertz CT molecular complexity index is 737. The van der Waals surface area contributed by atoms with Crippen LogP contribution in [-0.2, 0) is 14.3 Å². The van der Waals surface area contributed by atoms with Crippen LogP contribution in [0.2, 0.25) is 10.0 Å². The lowest BCUT2D eigenvalue weighted by molar-refractivity contribution is -0.136. The van der Waals surface area contributed by atoms with Crippen LogP contribution in [0.25, 0.3) is 0 Å². The molecule has 0 saturated carbocycles. The predicted octanol–water partition coefficient (Wildman–Crippen LogP) is 3.44. The summed E-state index contributed by atoms with van der Waals surface area (Å²) in [4.78, 5) is 23.8. The van der Waals surface area contributed by atoms with Crippen molar-refractivity contribution in [1.29, 1.82) is 0 Å². The molecule has 7 heteroatoms. The van der Waals surface area contributed by atoms with Crippen molar-refractivity contribution in [2.75, 3.05) is 19.0 Å². The molecule has 0 aliphatic heterocycles. The van der Waals surface area contributed by atoms with Gasteiger partial charge in [0.2, 0.25) is 0 Å². The quantitative estimate of drug-likeness (QED) is 0.796. The number of halogens is 2. The Kier molecular flexibility index (Phi) is 6.61. The number of anilines is 1. The van der Waals surface area contributed by atoms with Gasteiger partial charge in [-0.1, -0.05) is 47.5 Å². The van der Waals surface area contributed by atoms with Crippen molar-refractivity contribution in [3.63, 3.8) is 0 Å². The molecule has 2 amide bonds. The molecule has 24 heavy (non-hydrogen) atoms. The fourth-order valence-corrected chi connectivity index (χ4v) is 2.52. The molecule has 0 fully saturated rings. The van der Waals surface area contributed by atoms with Gasteiger partial charge in [0.15, 0.2) is 0 Å². The Hall–Kier alpha value is -2.08. The molecular weight excluding hydrogens is 351 g/mol. The summed E-state index contributed by atoms with van der Waals surface area (Å²) >= 11 is 11.9. The van der Waals surface area contributed by atoms with Crippen molar-refractivity contribution in [3.05, 3.63) is 64.1 Å². The van der Waals surface area contributed by atoms with Gasteiger partial charge in [0.25, 0.3) is 0 Å². The lowest BCUT2D eigenvalue weighted by Gasteiger charge is -2.17. The Balaban J connectivity index is 1.94. The second-order valence-electron chi connectivity index (χ2n) is 4.92. The lowest BCUT2D eigenvalue weighted by atomic mass is 10.1. The monoisotopic (exact) mass is 366 g/mol. The van der Waals surface area contributed by atoms with Crippen molar-refractivity contribution < 1.29 is 14.3 Å². The average Bonchev–Trinajstić information content (AvgIpc) is 2.56. The highest BCUT2D eigenvalue weighted by atomic mass is 35.5. The van der Waals surface area contributed by atoms with Gasteiger partial charge in [0.05, 0.1) is 0 Å². The number of carbonyl (C=O) groups is 2. The number of carbonyl (C=O) groups excluding carboxylic acids is 2. The van der Waals surface area contributed by atoms with Gasteiger partial charge in [-0.15, -0.1) is 0 Å². The van der Waals surface area contributed by atoms with Crippen LogP contribution >= 0.6 is 23.2 Å². The van der Waals surface area contributed by atoms with Crippen LogP contribution < -0.4 is 10.6 Å². The van der Waals surface area contributed by atoms with Gasteiger partial charge >= 0.3 is 11.8 Å². The zero-order chi connectivity index (χ0) is 17.5. The summed E-state index contributed by atoms with van der Waals surface area (Å²) in [6.45, 7) is 0.113. The molecule has 2 rings (SSSR count). The number of rotatable bonds is 5. The summed E-state index contributed by atoms with van der Waals surface area (Å²) in [5.74, 6) is -1.56. The van der Waals surface area contributed by atoms with E-state index in [0.29, 0.717) is 15.7 Å². The van der Waals surface area contributed by atoms with Crippen LogP contribution in [-0.4, -0.2) is 25.5 Å². The maximum Gasteiger partial charge on any atom is 0.313 e. The van der Waals surface area contributed by atoms with Gasteiger partial charge in [-0.25, -0.2) is 0 Å². The maximum absolute atomic E-state index is 11.9. The first kappa shape index (κ1) is 18.3. The normalized spacial score (nSPS) is 11.6. The Morgan fingerprint density at radius 3 is 2.50 bits per heavy atom. The van der Waals surface area contributed by atoms with Crippen molar-refractivity contribution in [2.24, 2.45) is 0 Å². The van der Waals surface area contributed by atoms with E-state index in [4.69, 9.17) is 27.9 Å². The van der Waals surface area contributed by atoms with Gasteiger partial charge in [0.1, 0.15) is 6.10 Å². The lowest BCUT2D eigenvalue weighted by Crippen LogP contribution is -2.38. The van der Waals surface area contributed by atoms with Crippen LogP contribution in [0.4, 0.5) is 5.69 Å². The molecule has 2 aromatic rings. The first-order valence-electron chi connectivity index (χ1n) is 7.13. The molecule has 0 aliphatic rings. The van der Waals surface area contributed by atoms with Gasteiger partial charge < -0.3 is 15.4 Å². The van der Waals surface area contributed by atoms with Crippen molar-refractivity contribution >= 4 is 40.7 Å². The van der Waals surface area contributed by atoms with E-state index in [0.717, 1.165) is 5.56 Å². The van der Waals surface area contributed by atoms with E-state index in [1.807, 2.05) is 6.07 Å². The second-order valence-corrected chi connectivity index (χ2v) is 5.76. The van der Waals surface area contributed by atoms with E-state index < -0.39 is 17.9 Å². The molecule has 0 heterocycles. The summed E-state index contributed by atoms with van der Waals surface area (Å²) < 4.78 is 5.33. The minimum absolute atomic E-state index is 0.113. The van der Waals surface area contributed by atoms with Crippen molar-refractivity contribution in [3.8, 4) is 0 Å². The van der Waals surface area contributed by atoms with Crippen LogP contribution in [0.5, 0.6) is 0 Å². The SMILES string of the molecule is COC(CNC(=O)C(=O)Nc1cccc(Cl)c1)c1ccccc1Cl. The highest BCUT2D eigenvalue weighted by molar-refractivity contribution is 6.39. The fourth-order valence-electron chi connectivity index (χ4n) is 2.08. The Morgan fingerprint density at radius 1 is 1.08 bits per heavy atom. The first-order valence-corrected chi connectivity index (χ1v) is 7.89. The van der Waals surface area contributed by atoms with Gasteiger partial charge in [-0.05, 0) is 24.3 Å². The molecule has 2 N–H and O–H groups in total. The van der Waals surface area contributed by atoms with Crippen LogP contribution in [0.15, 0.2) is 48.5 Å². The summed E-state index contributed by atoms with van der Waals surface area (Å²) in [6, 6.07) is 13.7. The third kappa shape index (κ3) is 4.96. The number of methoxy groups -OCH3 is 1. The van der Waals surface area contributed by atoms with Crippen LogP contribution in [0.1, 0.15) is 11.7 Å². The molecule has 0 aliphatic carbocycles. The van der Waals surface area contributed by atoms with E-state index in [1.165, 1.54) is 7.11 Å². The van der Waals surface area contributed by atoms with E-state index >= 15 is 0 Å². The number of amides is 2. The van der Waals surface area contributed by atoms with Gasteiger partial charge in [0, 0.05) is 35.0 Å². The molecule has 0 bridgehead atoms. The number of nitrogens with one attached hydrogen (secondary N) is 2. The number of ether oxygens (including phenoxy) is 1. The molecule has 0 aromatic heterocycles. The van der Waals surface area contributed by atoms with E-state index in [1.54, 1.807) is 42.5 Å². The van der Waals surface area contributed by atoms with Crippen molar-refractivity contribution in [2.45, 2.75) is 6.10 Å². The van der Waals surface area contributed by atoms with E-state index in [9.17, 15) is 9.59 Å². The fraction of sp³-hybridized carbons (Fsp3) is 0.176. The molecule has 1 unspecified atom stereocenters. The molecule has 5 nitrogen and oxygen atoms in total.